The summed E-state index contributed by atoms with van der Waals surface area (Å²) in [5, 5.41) is 0.590. The first-order valence-corrected chi connectivity index (χ1v) is 12.5. The fourth-order valence-corrected chi connectivity index (χ4v) is 4.24. The molecule has 0 saturated carbocycles. The Morgan fingerprint density at radius 3 is 2.59 bits per heavy atom. The fraction of sp³-hybridized carbons (Fsp3) is 0.407. The molecule has 4 rings (SSSR count). The third-order valence-electron chi connectivity index (χ3n) is 5.77. The van der Waals surface area contributed by atoms with Crippen molar-refractivity contribution >= 4 is 40.7 Å². The number of halogens is 2. The minimum atomic E-state index is -1.52. The number of carbonyl (C=O) groups is 1. The van der Waals surface area contributed by atoms with Gasteiger partial charge in [-0.1, -0.05) is 23.7 Å². The largest absolute Gasteiger partial charge is 0.458 e. The van der Waals surface area contributed by atoms with E-state index in [0.717, 1.165) is 5.69 Å². The van der Waals surface area contributed by atoms with Gasteiger partial charge in [0.05, 0.1) is 24.7 Å². The van der Waals surface area contributed by atoms with Crippen LogP contribution in [0, 0.1) is 0 Å². The fourth-order valence-electron chi connectivity index (χ4n) is 4.06. The van der Waals surface area contributed by atoms with Gasteiger partial charge in [0, 0.05) is 37.2 Å². The summed E-state index contributed by atoms with van der Waals surface area (Å²) in [6.45, 7) is 5.77. The summed E-state index contributed by atoms with van der Waals surface area (Å²) in [4.78, 5) is 29.4. The van der Waals surface area contributed by atoms with Gasteiger partial charge in [-0.2, -0.15) is 0 Å². The van der Waals surface area contributed by atoms with Crippen LogP contribution in [0.15, 0.2) is 61.1 Å². The molecule has 0 unspecified atom stereocenters. The van der Waals surface area contributed by atoms with Crippen LogP contribution < -0.4 is 9.80 Å². The Morgan fingerprint density at radius 2 is 1.92 bits per heavy atom. The SMILES string of the molecule is CC(C)(C)OC(=O)COCC1(F)CCN(c2cncc(N(c3cccc(Cl)c3)c3ccccn3)n2)CC1. The molecule has 8 nitrogen and oxygen atoms in total. The molecule has 0 aliphatic carbocycles. The van der Waals surface area contributed by atoms with E-state index in [1.54, 1.807) is 45.4 Å². The second kappa shape index (κ2) is 11.4. The van der Waals surface area contributed by atoms with Gasteiger partial charge in [0.2, 0.25) is 0 Å². The topological polar surface area (TPSA) is 80.7 Å². The standard InChI is InChI=1S/C27H31ClFN5O3/c1-26(2,3)37-25(35)18-36-19-27(29)10-13-33(14-11-27)23-16-30-17-24(32-23)34(22-9-4-5-12-31-22)21-8-6-7-20(28)15-21/h4-9,12,15-17H,10-11,13-14,18-19H2,1-3H3. The van der Waals surface area contributed by atoms with E-state index in [1.807, 2.05) is 46.2 Å². The number of pyridine rings is 1. The Morgan fingerprint density at radius 1 is 1.14 bits per heavy atom. The van der Waals surface area contributed by atoms with E-state index in [1.165, 1.54) is 0 Å². The zero-order chi connectivity index (χ0) is 26.5. The molecule has 3 heterocycles. The van der Waals surface area contributed by atoms with E-state index in [2.05, 4.69) is 9.97 Å². The number of hydrogen-bond donors (Lipinski definition) is 0. The van der Waals surface area contributed by atoms with Crippen molar-refractivity contribution in [1.29, 1.82) is 0 Å². The molecular formula is C27H31ClFN5O3. The number of alkyl halides is 1. The first-order chi connectivity index (χ1) is 17.6. The molecule has 1 fully saturated rings. The Bertz CT molecular complexity index is 1200. The van der Waals surface area contributed by atoms with E-state index < -0.39 is 17.2 Å². The normalized spacial score (nSPS) is 15.3. The highest BCUT2D eigenvalue weighted by molar-refractivity contribution is 6.30. The second-order valence-corrected chi connectivity index (χ2v) is 10.4. The van der Waals surface area contributed by atoms with Gasteiger partial charge >= 0.3 is 5.97 Å². The number of ether oxygens (including phenoxy) is 2. The summed E-state index contributed by atoms with van der Waals surface area (Å²) >= 11 is 6.26. The van der Waals surface area contributed by atoms with Crippen molar-refractivity contribution in [3.05, 3.63) is 66.1 Å². The van der Waals surface area contributed by atoms with Crippen molar-refractivity contribution < 1.29 is 18.7 Å². The maximum atomic E-state index is 15.4. The minimum Gasteiger partial charge on any atom is -0.458 e. The molecule has 0 radical (unpaired) electrons. The molecule has 0 spiro atoms. The van der Waals surface area contributed by atoms with Gasteiger partial charge in [-0.3, -0.25) is 9.88 Å². The molecule has 1 aromatic carbocycles. The average Bonchev–Trinajstić information content (AvgIpc) is 2.84. The van der Waals surface area contributed by atoms with Crippen LogP contribution in [0.25, 0.3) is 0 Å². The molecule has 0 bridgehead atoms. The maximum absolute atomic E-state index is 15.4. The van der Waals surface area contributed by atoms with Crippen molar-refractivity contribution in [1.82, 2.24) is 15.0 Å². The Kier molecular flexibility index (Phi) is 8.24. The molecule has 10 heteroatoms. The van der Waals surface area contributed by atoms with Gasteiger partial charge in [0.1, 0.15) is 29.5 Å². The van der Waals surface area contributed by atoms with Gasteiger partial charge in [-0.25, -0.2) is 19.2 Å². The summed E-state index contributed by atoms with van der Waals surface area (Å²) < 4.78 is 25.9. The van der Waals surface area contributed by atoms with Crippen LogP contribution in [0.4, 0.5) is 27.5 Å². The Hall–Kier alpha value is -3.30. The van der Waals surface area contributed by atoms with Crippen LogP contribution in [-0.2, 0) is 14.3 Å². The molecule has 1 aliphatic heterocycles. The Balaban J connectivity index is 1.44. The van der Waals surface area contributed by atoms with Crippen molar-refractivity contribution in [3.63, 3.8) is 0 Å². The van der Waals surface area contributed by atoms with Crippen LogP contribution in [0.2, 0.25) is 5.02 Å². The van der Waals surface area contributed by atoms with Gasteiger partial charge in [-0.15, -0.1) is 0 Å². The molecule has 1 aliphatic rings. The lowest BCUT2D eigenvalue weighted by Gasteiger charge is -2.37. The van der Waals surface area contributed by atoms with Crippen LogP contribution in [0.1, 0.15) is 33.6 Å². The number of benzene rings is 1. The first kappa shape index (κ1) is 26.8. The molecule has 2 aromatic heterocycles. The molecule has 1 saturated heterocycles. The van der Waals surface area contributed by atoms with Gasteiger partial charge < -0.3 is 14.4 Å². The monoisotopic (exact) mass is 527 g/mol. The molecule has 196 valence electrons. The molecule has 0 N–H and O–H groups in total. The molecule has 0 atom stereocenters. The summed E-state index contributed by atoms with van der Waals surface area (Å²) in [6.07, 6.45) is 5.52. The Labute approximate surface area is 221 Å². The van der Waals surface area contributed by atoms with Crippen LogP contribution in [0.5, 0.6) is 0 Å². The number of rotatable bonds is 8. The van der Waals surface area contributed by atoms with Crippen LogP contribution >= 0.6 is 11.6 Å². The quantitative estimate of drug-likeness (QED) is 0.347. The lowest BCUT2D eigenvalue weighted by atomic mass is 9.94. The van der Waals surface area contributed by atoms with Gasteiger partial charge in [0.25, 0.3) is 0 Å². The summed E-state index contributed by atoms with van der Waals surface area (Å²) in [6, 6.07) is 13.0. The maximum Gasteiger partial charge on any atom is 0.332 e. The zero-order valence-corrected chi connectivity index (χ0v) is 22.0. The number of carbonyl (C=O) groups excluding carboxylic acids is 1. The number of piperidine rings is 1. The predicted molar refractivity (Wildman–Crippen MR) is 141 cm³/mol. The average molecular weight is 528 g/mol. The van der Waals surface area contributed by atoms with E-state index >= 15 is 4.39 Å². The van der Waals surface area contributed by atoms with Gasteiger partial charge in [-0.05, 0) is 51.1 Å². The predicted octanol–water partition coefficient (Wildman–Crippen LogP) is 5.66. The molecule has 37 heavy (non-hydrogen) atoms. The summed E-state index contributed by atoms with van der Waals surface area (Å²) in [5.74, 6) is 1.37. The summed E-state index contributed by atoms with van der Waals surface area (Å²) in [5.41, 5.74) is -1.33. The lowest BCUT2D eigenvalue weighted by Crippen LogP contribution is -2.45. The highest BCUT2D eigenvalue weighted by atomic mass is 35.5. The number of esters is 1. The van der Waals surface area contributed by atoms with Crippen molar-refractivity contribution in [2.75, 3.05) is 36.1 Å². The minimum absolute atomic E-state index is 0.159. The molecule has 3 aromatic rings. The smallest absolute Gasteiger partial charge is 0.332 e. The third-order valence-corrected chi connectivity index (χ3v) is 6.00. The number of hydrogen-bond acceptors (Lipinski definition) is 8. The van der Waals surface area contributed by atoms with E-state index in [9.17, 15) is 4.79 Å². The van der Waals surface area contributed by atoms with Crippen molar-refractivity contribution in [2.45, 2.75) is 44.9 Å². The van der Waals surface area contributed by atoms with Crippen LogP contribution in [-0.4, -0.2) is 58.5 Å². The van der Waals surface area contributed by atoms with E-state index in [-0.39, 0.29) is 26.1 Å². The number of anilines is 4. The second-order valence-electron chi connectivity index (χ2n) is 9.96. The highest BCUT2D eigenvalue weighted by Crippen LogP contribution is 2.34. The van der Waals surface area contributed by atoms with Crippen molar-refractivity contribution in [2.24, 2.45) is 0 Å². The molecule has 0 amide bonds. The number of nitrogens with zero attached hydrogens (tertiary/aromatic N) is 5. The van der Waals surface area contributed by atoms with E-state index in [0.29, 0.717) is 35.6 Å². The first-order valence-electron chi connectivity index (χ1n) is 12.1. The summed E-state index contributed by atoms with van der Waals surface area (Å²) in [7, 11) is 0. The zero-order valence-electron chi connectivity index (χ0n) is 21.2. The van der Waals surface area contributed by atoms with E-state index in [4.69, 9.17) is 26.1 Å². The third kappa shape index (κ3) is 7.36. The van der Waals surface area contributed by atoms with Gasteiger partial charge in [0.15, 0.2) is 5.82 Å². The van der Waals surface area contributed by atoms with Crippen molar-refractivity contribution in [3.8, 4) is 0 Å². The lowest BCUT2D eigenvalue weighted by molar-refractivity contribution is -0.161. The highest BCUT2D eigenvalue weighted by Gasteiger charge is 2.36. The van der Waals surface area contributed by atoms with Crippen LogP contribution in [0.3, 0.4) is 0 Å². The number of aromatic nitrogens is 3. The molecular weight excluding hydrogens is 497 g/mol.